The van der Waals surface area contributed by atoms with Crippen LogP contribution in [0.15, 0.2) is 23.1 Å². The number of alkyl halides is 3. The van der Waals surface area contributed by atoms with Crippen LogP contribution in [0.1, 0.15) is 26.7 Å². The first kappa shape index (κ1) is 16.1. The summed E-state index contributed by atoms with van der Waals surface area (Å²) in [6.45, 7) is 3.55. The molecule has 1 saturated carbocycles. The van der Waals surface area contributed by atoms with Crippen LogP contribution in [-0.4, -0.2) is 19.5 Å². The molecular formula is C13H15F4NO2S. The highest BCUT2D eigenvalue weighted by Crippen LogP contribution is 2.43. The highest BCUT2D eigenvalue weighted by molar-refractivity contribution is 7.92. The fourth-order valence-corrected chi connectivity index (χ4v) is 3.13. The Morgan fingerprint density at radius 2 is 1.76 bits per heavy atom. The van der Waals surface area contributed by atoms with Gasteiger partial charge in [0.25, 0.3) is 9.84 Å². The maximum absolute atomic E-state index is 13.2. The molecule has 1 N–H and O–H groups in total. The van der Waals surface area contributed by atoms with E-state index in [0.29, 0.717) is 6.07 Å². The molecular weight excluding hydrogens is 310 g/mol. The van der Waals surface area contributed by atoms with E-state index in [4.69, 9.17) is 0 Å². The molecule has 1 aromatic carbocycles. The Kier molecular flexibility index (Phi) is 3.72. The predicted molar refractivity (Wildman–Crippen MR) is 70.1 cm³/mol. The van der Waals surface area contributed by atoms with Crippen molar-refractivity contribution in [2.75, 3.05) is 5.32 Å². The molecule has 8 heteroatoms. The summed E-state index contributed by atoms with van der Waals surface area (Å²) < 4.78 is 74.4. The minimum atomic E-state index is -5.61. The molecule has 0 radical (unpaired) electrons. The molecule has 2 rings (SSSR count). The van der Waals surface area contributed by atoms with E-state index in [1.165, 1.54) is 0 Å². The normalized spacial score (nSPS) is 16.9. The van der Waals surface area contributed by atoms with Crippen molar-refractivity contribution in [3.63, 3.8) is 0 Å². The lowest BCUT2D eigenvalue weighted by Gasteiger charge is -2.29. The number of rotatable bonds is 4. The van der Waals surface area contributed by atoms with Crippen molar-refractivity contribution in [2.45, 2.75) is 42.6 Å². The molecule has 0 aromatic heterocycles. The number of benzene rings is 1. The lowest BCUT2D eigenvalue weighted by atomic mass is 9.98. The SMILES string of the molecule is CC(C)(Nc1ccc(F)cc1S(=O)(=O)C(F)(F)F)C1CC1. The summed E-state index contributed by atoms with van der Waals surface area (Å²) in [5.41, 5.74) is -6.26. The van der Waals surface area contributed by atoms with Crippen LogP contribution in [0.2, 0.25) is 0 Å². The van der Waals surface area contributed by atoms with Crippen molar-refractivity contribution in [1.29, 1.82) is 0 Å². The Bertz CT molecular complexity index is 649. The predicted octanol–water partition coefficient (Wildman–Crippen LogP) is 3.72. The quantitative estimate of drug-likeness (QED) is 0.858. The molecule has 0 atom stereocenters. The van der Waals surface area contributed by atoms with Gasteiger partial charge in [0.05, 0.1) is 5.69 Å². The lowest BCUT2D eigenvalue weighted by Crippen LogP contribution is -2.34. The average Bonchev–Trinajstić information content (AvgIpc) is 3.13. The third-order valence-corrected chi connectivity index (χ3v) is 5.12. The van der Waals surface area contributed by atoms with E-state index in [-0.39, 0.29) is 11.6 Å². The zero-order valence-corrected chi connectivity index (χ0v) is 12.3. The molecule has 0 saturated heterocycles. The zero-order chi connectivity index (χ0) is 16.1. The maximum atomic E-state index is 13.2. The standard InChI is InChI=1S/C13H15F4NO2S/c1-12(2,8-3-4-8)18-10-6-5-9(14)7-11(10)21(19,20)13(15,16)17/h5-8,18H,3-4H2,1-2H3. The molecule has 0 spiro atoms. The Morgan fingerprint density at radius 3 is 2.24 bits per heavy atom. The highest BCUT2D eigenvalue weighted by Gasteiger charge is 2.49. The summed E-state index contributed by atoms with van der Waals surface area (Å²) in [5.74, 6) is -0.781. The summed E-state index contributed by atoms with van der Waals surface area (Å²) in [4.78, 5) is -1.08. The summed E-state index contributed by atoms with van der Waals surface area (Å²) in [6.07, 6.45) is 1.84. The number of anilines is 1. The van der Waals surface area contributed by atoms with Crippen LogP contribution in [-0.2, 0) is 9.84 Å². The smallest absolute Gasteiger partial charge is 0.379 e. The molecule has 1 aromatic rings. The largest absolute Gasteiger partial charge is 0.501 e. The fraction of sp³-hybridized carbons (Fsp3) is 0.538. The second kappa shape index (κ2) is 4.86. The van der Waals surface area contributed by atoms with Crippen molar-refractivity contribution in [3.8, 4) is 0 Å². The van der Waals surface area contributed by atoms with Crippen LogP contribution in [0, 0.1) is 11.7 Å². The van der Waals surface area contributed by atoms with Gasteiger partial charge in [-0.1, -0.05) is 0 Å². The van der Waals surface area contributed by atoms with Crippen molar-refractivity contribution >= 4 is 15.5 Å². The molecule has 0 bridgehead atoms. The van der Waals surface area contributed by atoms with Crippen LogP contribution in [0.4, 0.5) is 23.2 Å². The first-order valence-corrected chi connectivity index (χ1v) is 7.82. The van der Waals surface area contributed by atoms with Gasteiger partial charge in [0.15, 0.2) is 0 Å². The van der Waals surface area contributed by atoms with E-state index >= 15 is 0 Å². The molecule has 1 fully saturated rings. The van der Waals surface area contributed by atoms with Gasteiger partial charge < -0.3 is 5.32 Å². The van der Waals surface area contributed by atoms with Crippen molar-refractivity contribution in [1.82, 2.24) is 0 Å². The summed E-state index contributed by atoms with van der Waals surface area (Å²) in [6, 6.07) is 2.35. The van der Waals surface area contributed by atoms with Crippen LogP contribution in [0.25, 0.3) is 0 Å². The first-order valence-electron chi connectivity index (χ1n) is 6.34. The van der Waals surface area contributed by atoms with Crippen molar-refractivity contribution < 1.29 is 26.0 Å². The molecule has 21 heavy (non-hydrogen) atoms. The monoisotopic (exact) mass is 325 g/mol. The Labute approximate surface area is 120 Å². The second-order valence-electron chi connectivity index (χ2n) is 5.71. The molecule has 3 nitrogen and oxygen atoms in total. The van der Waals surface area contributed by atoms with Gasteiger partial charge in [-0.05, 0) is 50.8 Å². The molecule has 0 aliphatic heterocycles. The number of hydrogen-bond donors (Lipinski definition) is 1. The Balaban J connectivity index is 2.48. The van der Waals surface area contributed by atoms with Crippen LogP contribution < -0.4 is 5.32 Å². The fourth-order valence-electron chi connectivity index (χ4n) is 2.20. The minimum absolute atomic E-state index is 0.231. The zero-order valence-electron chi connectivity index (χ0n) is 11.5. The van der Waals surface area contributed by atoms with Crippen LogP contribution in [0.5, 0.6) is 0 Å². The van der Waals surface area contributed by atoms with Gasteiger partial charge in [-0.25, -0.2) is 12.8 Å². The van der Waals surface area contributed by atoms with Crippen LogP contribution in [0.3, 0.4) is 0 Å². The van der Waals surface area contributed by atoms with E-state index < -0.39 is 31.6 Å². The third-order valence-electron chi connectivity index (χ3n) is 3.59. The molecule has 118 valence electrons. The molecule has 0 heterocycles. The first-order chi connectivity index (χ1) is 9.45. The molecule has 1 aliphatic rings. The Morgan fingerprint density at radius 1 is 1.19 bits per heavy atom. The third kappa shape index (κ3) is 3.14. The van der Waals surface area contributed by atoms with Gasteiger partial charge in [0, 0.05) is 5.54 Å². The maximum Gasteiger partial charge on any atom is 0.501 e. The summed E-state index contributed by atoms with van der Waals surface area (Å²) in [5, 5.41) is 2.81. The number of sulfone groups is 1. The number of halogens is 4. The van der Waals surface area contributed by atoms with E-state index in [1.807, 2.05) is 0 Å². The van der Waals surface area contributed by atoms with Gasteiger partial charge in [0.2, 0.25) is 0 Å². The van der Waals surface area contributed by atoms with Crippen molar-refractivity contribution in [3.05, 3.63) is 24.0 Å². The summed E-state index contributed by atoms with van der Waals surface area (Å²) in [7, 11) is -5.61. The minimum Gasteiger partial charge on any atom is -0.379 e. The van der Waals surface area contributed by atoms with Gasteiger partial charge in [-0.3, -0.25) is 0 Å². The highest BCUT2D eigenvalue weighted by atomic mass is 32.2. The van der Waals surface area contributed by atoms with Gasteiger partial charge in [-0.15, -0.1) is 0 Å². The molecule has 0 unspecified atom stereocenters. The molecule has 1 aliphatic carbocycles. The van der Waals surface area contributed by atoms with Gasteiger partial charge >= 0.3 is 5.51 Å². The van der Waals surface area contributed by atoms with Crippen molar-refractivity contribution in [2.24, 2.45) is 5.92 Å². The number of hydrogen-bond acceptors (Lipinski definition) is 3. The molecule has 0 amide bonds. The lowest BCUT2D eigenvalue weighted by molar-refractivity contribution is -0.0435. The Hall–Kier alpha value is -1.31. The topological polar surface area (TPSA) is 46.2 Å². The van der Waals surface area contributed by atoms with E-state index in [0.717, 1.165) is 25.0 Å². The van der Waals surface area contributed by atoms with E-state index in [2.05, 4.69) is 5.32 Å². The van der Waals surface area contributed by atoms with E-state index in [1.54, 1.807) is 13.8 Å². The van der Waals surface area contributed by atoms with Gasteiger partial charge in [0.1, 0.15) is 10.7 Å². The average molecular weight is 325 g/mol. The second-order valence-corrected chi connectivity index (χ2v) is 7.62. The van der Waals surface area contributed by atoms with Crippen LogP contribution >= 0.6 is 0 Å². The van der Waals surface area contributed by atoms with Gasteiger partial charge in [-0.2, -0.15) is 13.2 Å². The van der Waals surface area contributed by atoms with E-state index in [9.17, 15) is 26.0 Å². The number of nitrogens with one attached hydrogen (secondary N) is 1. The summed E-state index contributed by atoms with van der Waals surface area (Å²) >= 11 is 0.